The number of piperidine rings is 1. The van der Waals surface area contributed by atoms with Crippen molar-refractivity contribution in [2.45, 2.75) is 25.0 Å². The summed E-state index contributed by atoms with van der Waals surface area (Å²) < 4.78 is 0. The molecule has 2 atom stereocenters. The maximum absolute atomic E-state index is 11.3. The van der Waals surface area contributed by atoms with E-state index in [9.17, 15) is 14.4 Å². The maximum Gasteiger partial charge on any atom is 0.334 e. The second-order valence-corrected chi connectivity index (χ2v) is 3.75. The Hall–Kier alpha value is -1.83. The van der Waals surface area contributed by atoms with E-state index in [0.717, 1.165) is 0 Å². The monoisotopic (exact) mass is 245 g/mol. The zero-order valence-electron chi connectivity index (χ0n) is 9.10. The topological polar surface area (TPSA) is 128 Å². The summed E-state index contributed by atoms with van der Waals surface area (Å²) in [6, 6.07) is -0.735. The Labute approximate surface area is 97.4 Å². The van der Waals surface area contributed by atoms with Gasteiger partial charge in [0.15, 0.2) is 6.10 Å². The van der Waals surface area contributed by atoms with Gasteiger partial charge in [0.1, 0.15) is 0 Å². The Morgan fingerprint density at radius 1 is 1.53 bits per heavy atom. The Kier molecular flexibility index (Phi) is 4.70. The Morgan fingerprint density at radius 2 is 2.24 bits per heavy atom. The molecule has 1 aliphatic heterocycles. The molecular formula is C9H15N3O5. The minimum absolute atomic E-state index is 0.0512. The van der Waals surface area contributed by atoms with Crippen molar-refractivity contribution in [2.24, 2.45) is 0 Å². The van der Waals surface area contributed by atoms with E-state index in [1.807, 2.05) is 0 Å². The van der Waals surface area contributed by atoms with Gasteiger partial charge < -0.3 is 26.2 Å². The van der Waals surface area contributed by atoms with Crippen LogP contribution in [0.3, 0.4) is 0 Å². The number of aliphatic hydroxyl groups is 1. The van der Waals surface area contributed by atoms with Crippen molar-refractivity contribution in [1.29, 1.82) is 0 Å². The van der Waals surface area contributed by atoms with Crippen LogP contribution in [-0.4, -0.2) is 53.4 Å². The van der Waals surface area contributed by atoms with Crippen LogP contribution in [0.15, 0.2) is 0 Å². The van der Waals surface area contributed by atoms with Gasteiger partial charge in [0.2, 0.25) is 5.91 Å². The van der Waals surface area contributed by atoms with Gasteiger partial charge in [-0.2, -0.15) is 0 Å². The molecule has 1 heterocycles. The van der Waals surface area contributed by atoms with Gasteiger partial charge >= 0.3 is 12.0 Å². The predicted molar refractivity (Wildman–Crippen MR) is 56.2 cm³/mol. The number of urea groups is 1. The van der Waals surface area contributed by atoms with Gasteiger partial charge in [-0.05, 0) is 6.42 Å². The lowest BCUT2D eigenvalue weighted by atomic mass is 10.1. The molecule has 1 fully saturated rings. The summed E-state index contributed by atoms with van der Waals surface area (Å²) >= 11 is 0. The van der Waals surface area contributed by atoms with Gasteiger partial charge in [-0.15, -0.1) is 0 Å². The first kappa shape index (κ1) is 13.2. The molecular weight excluding hydrogens is 230 g/mol. The van der Waals surface area contributed by atoms with Crippen LogP contribution in [0.25, 0.3) is 0 Å². The van der Waals surface area contributed by atoms with Gasteiger partial charge in [-0.25, -0.2) is 9.59 Å². The first-order valence-corrected chi connectivity index (χ1v) is 5.21. The van der Waals surface area contributed by atoms with E-state index in [0.29, 0.717) is 19.4 Å². The molecule has 1 unspecified atom stereocenters. The summed E-state index contributed by atoms with van der Waals surface area (Å²) in [7, 11) is 0. The number of nitrogens with one attached hydrogen (secondary N) is 3. The molecule has 1 saturated heterocycles. The molecule has 1 rings (SSSR count). The van der Waals surface area contributed by atoms with E-state index in [4.69, 9.17) is 10.2 Å². The van der Waals surface area contributed by atoms with E-state index in [-0.39, 0.29) is 18.5 Å². The number of carboxylic acids is 1. The largest absolute Gasteiger partial charge is 0.479 e. The second-order valence-electron chi connectivity index (χ2n) is 3.75. The second kappa shape index (κ2) is 6.04. The molecule has 0 aromatic carbocycles. The van der Waals surface area contributed by atoms with Crippen molar-refractivity contribution < 1.29 is 24.6 Å². The van der Waals surface area contributed by atoms with Crippen LogP contribution in [0, 0.1) is 0 Å². The summed E-state index contributed by atoms with van der Waals surface area (Å²) in [6.45, 7) is -0.00597. The molecule has 3 amide bonds. The predicted octanol–water partition coefficient (Wildman–Crippen LogP) is -1.99. The molecule has 5 N–H and O–H groups in total. The molecule has 96 valence electrons. The standard InChI is InChI=1S/C9H15N3O5/c13-6(8(15)16)4-11-9(17)12-5-1-2-7(14)10-3-5/h5-6,13H,1-4H2,(H,10,14)(H,15,16)(H2,11,12,17)/t5?,6-/m0/s1. The third-order valence-corrected chi connectivity index (χ3v) is 2.34. The van der Waals surface area contributed by atoms with Gasteiger partial charge in [-0.3, -0.25) is 4.79 Å². The number of aliphatic carboxylic acids is 1. The molecule has 8 heteroatoms. The first-order valence-electron chi connectivity index (χ1n) is 5.21. The molecule has 1 aliphatic rings. The van der Waals surface area contributed by atoms with Crippen molar-refractivity contribution in [1.82, 2.24) is 16.0 Å². The lowest BCUT2D eigenvalue weighted by Crippen LogP contribution is -2.51. The average Bonchev–Trinajstić information content (AvgIpc) is 2.29. The third kappa shape index (κ3) is 4.68. The van der Waals surface area contributed by atoms with E-state index >= 15 is 0 Å². The number of hydrogen-bond donors (Lipinski definition) is 5. The van der Waals surface area contributed by atoms with E-state index in [2.05, 4.69) is 16.0 Å². The number of amides is 3. The van der Waals surface area contributed by atoms with Crippen LogP contribution < -0.4 is 16.0 Å². The maximum atomic E-state index is 11.3. The van der Waals surface area contributed by atoms with Crippen LogP contribution in [0.4, 0.5) is 4.79 Å². The molecule has 17 heavy (non-hydrogen) atoms. The Bertz CT molecular complexity index is 310. The average molecular weight is 245 g/mol. The van der Waals surface area contributed by atoms with Crippen molar-refractivity contribution in [3.63, 3.8) is 0 Å². The highest BCUT2D eigenvalue weighted by atomic mass is 16.4. The van der Waals surface area contributed by atoms with E-state index in [1.165, 1.54) is 0 Å². The summed E-state index contributed by atoms with van der Waals surface area (Å²) in [5, 5.41) is 24.7. The highest BCUT2D eigenvalue weighted by molar-refractivity contribution is 5.79. The number of carbonyl (C=O) groups is 3. The number of rotatable bonds is 4. The Morgan fingerprint density at radius 3 is 2.76 bits per heavy atom. The van der Waals surface area contributed by atoms with Crippen LogP contribution in [0.1, 0.15) is 12.8 Å². The summed E-state index contributed by atoms with van der Waals surface area (Å²) in [5.74, 6) is -1.44. The normalized spacial score (nSPS) is 21.2. The lowest BCUT2D eigenvalue weighted by Gasteiger charge is -2.23. The van der Waals surface area contributed by atoms with Gasteiger partial charge in [0, 0.05) is 19.0 Å². The number of aliphatic hydroxyl groups excluding tert-OH is 1. The molecule has 0 radical (unpaired) electrons. The van der Waals surface area contributed by atoms with Gasteiger partial charge in [0.05, 0.1) is 6.54 Å². The molecule has 0 bridgehead atoms. The lowest BCUT2D eigenvalue weighted by molar-refractivity contribution is -0.146. The van der Waals surface area contributed by atoms with Crippen molar-refractivity contribution >= 4 is 17.9 Å². The quantitative estimate of drug-likeness (QED) is 0.392. The molecule has 0 saturated carbocycles. The zero-order chi connectivity index (χ0) is 12.8. The molecule has 8 nitrogen and oxygen atoms in total. The van der Waals surface area contributed by atoms with E-state index < -0.39 is 18.1 Å². The van der Waals surface area contributed by atoms with Crippen LogP contribution >= 0.6 is 0 Å². The van der Waals surface area contributed by atoms with E-state index in [1.54, 1.807) is 0 Å². The van der Waals surface area contributed by atoms with Crippen LogP contribution in [0.2, 0.25) is 0 Å². The fourth-order valence-electron chi connectivity index (χ4n) is 1.37. The van der Waals surface area contributed by atoms with Crippen LogP contribution in [-0.2, 0) is 9.59 Å². The Balaban J connectivity index is 2.21. The van der Waals surface area contributed by atoms with Gasteiger partial charge in [-0.1, -0.05) is 0 Å². The molecule has 0 spiro atoms. The van der Waals surface area contributed by atoms with Gasteiger partial charge in [0.25, 0.3) is 0 Å². The fraction of sp³-hybridized carbons (Fsp3) is 0.667. The fourth-order valence-corrected chi connectivity index (χ4v) is 1.37. The smallest absolute Gasteiger partial charge is 0.334 e. The summed E-state index contributed by atoms with van der Waals surface area (Å²) in [5.41, 5.74) is 0. The molecule has 0 aromatic rings. The highest BCUT2D eigenvalue weighted by Crippen LogP contribution is 2.01. The minimum atomic E-state index is -1.62. The van der Waals surface area contributed by atoms with Crippen molar-refractivity contribution in [3.05, 3.63) is 0 Å². The van der Waals surface area contributed by atoms with Crippen LogP contribution in [0.5, 0.6) is 0 Å². The number of carbonyl (C=O) groups excluding carboxylic acids is 2. The van der Waals surface area contributed by atoms with Crippen molar-refractivity contribution in [2.75, 3.05) is 13.1 Å². The third-order valence-electron chi connectivity index (χ3n) is 2.34. The summed E-state index contributed by atoms with van der Waals surface area (Å²) in [6.07, 6.45) is -0.726. The highest BCUT2D eigenvalue weighted by Gasteiger charge is 2.20. The first-order chi connectivity index (χ1) is 7.99. The molecule has 0 aromatic heterocycles. The number of hydrogen-bond acceptors (Lipinski definition) is 4. The van der Waals surface area contributed by atoms with Crippen molar-refractivity contribution in [3.8, 4) is 0 Å². The summed E-state index contributed by atoms with van der Waals surface area (Å²) in [4.78, 5) is 32.4. The molecule has 0 aliphatic carbocycles. The SMILES string of the molecule is O=C1CCC(NC(=O)NC[C@H](O)C(=O)O)CN1. The number of carboxylic acid groups (broad SMARTS) is 1. The zero-order valence-corrected chi connectivity index (χ0v) is 9.10. The minimum Gasteiger partial charge on any atom is -0.479 e.